The van der Waals surface area contributed by atoms with Crippen molar-refractivity contribution in [3.05, 3.63) is 47.5 Å². The normalized spacial score (nSPS) is 11.4. The van der Waals surface area contributed by atoms with Gasteiger partial charge in [-0.1, -0.05) is 0 Å². The van der Waals surface area contributed by atoms with E-state index in [0.717, 1.165) is 6.07 Å². The maximum atomic E-state index is 13.1. The zero-order valence-corrected chi connectivity index (χ0v) is 9.25. The van der Waals surface area contributed by atoms with Gasteiger partial charge in [0.05, 0.1) is 17.4 Å². The number of carbonyl (C=O) groups excluding carboxylic acids is 1. The SMILES string of the molecule is O=C(Nc1cn[nH]c1)c1cc(F)cc(C(F)(F)F)c1. The molecule has 0 aliphatic carbocycles. The lowest BCUT2D eigenvalue weighted by Crippen LogP contribution is -2.14. The van der Waals surface area contributed by atoms with Crippen LogP contribution in [0.5, 0.6) is 0 Å². The molecule has 0 bridgehead atoms. The molecule has 0 aliphatic rings. The zero-order chi connectivity index (χ0) is 14.0. The highest BCUT2D eigenvalue weighted by atomic mass is 19.4. The van der Waals surface area contributed by atoms with E-state index >= 15 is 0 Å². The minimum Gasteiger partial charge on any atom is -0.319 e. The van der Waals surface area contributed by atoms with Gasteiger partial charge < -0.3 is 5.32 Å². The molecule has 1 aromatic carbocycles. The van der Waals surface area contributed by atoms with Crippen molar-refractivity contribution in [2.45, 2.75) is 6.18 Å². The van der Waals surface area contributed by atoms with Gasteiger partial charge in [0.1, 0.15) is 5.82 Å². The van der Waals surface area contributed by atoms with Crippen molar-refractivity contribution < 1.29 is 22.4 Å². The molecule has 100 valence electrons. The van der Waals surface area contributed by atoms with Crippen molar-refractivity contribution in [2.24, 2.45) is 0 Å². The molecule has 1 amide bonds. The van der Waals surface area contributed by atoms with Crippen LogP contribution < -0.4 is 5.32 Å². The number of H-pyrrole nitrogens is 1. The highest BCUT2D eigenvalue weighted by molar-refractivity contribution is 6.04. The molecule has 0 atom stereocenters. The summed E-state index contributed by atoms with van der Waals surface area (Å²) in [4.78, 5) is 11.7. The summed E-state index contributed by atoms with van der Waals surface area (Å²) in [5.74, 6) is -1.99. The van der Waals surface area contributed by atoms with Gasteiger partial charge >= 0.3 is 6.18 Å². The second kappa shape index (κ2) is 4.71. The van der Waals surface area contributed by atoms with Gasteiger partial charge in [0.2, 0.25) is 0 Å². The largest absolute Gasteiger partial charge is 0.416 e. The number of alkyl halides is 3. The van der Waals surface area contributed by atoms with Crippen LogP contribution in [0.2, 0.25) is 0 Å². The molecule has 0 fully saturated rings. The molecule has 2 N–H and O–H groups in total. The van der Waals surface area contributed by atoms with Crippen molar-refractivity contribution in [3.8, 4) is 0 Å². The van der Waals surface area contributed by atoms with Crippen LogP contribution in [0.15, 0.2) is 30.6 Å². The molecule has 1 aromatic heterocycles. The second-order valence-corrected chi connectivity index (χ2v) is 3.67. The predicted octanol–water partition coefficient (Wildman–Crippen LogP) is 2.82. The first kappa shape index (κ1) is 13.1. The average molecular weight is 273 g/mol. The Morgan fingerprint density at radius 1 is 1.26 bits per heavy atom. The first-order chi connectivity index (χ1) is 8.86. The lowest BCUT2D eigenvalue weighted by Gasteiger charge is -2.09. The van der Waals surface area contributed by atoms with E-state index in [9.17, 15) is 22.4 Å². The standard InChI is InChI=1S/C11H7F4N3O/c12-8-2-6(1-7(3-8)11(13,14)15)10(19)18-9-4-16-17-5-9/h1-5H,(H,16,17)(H,18,19). The number of amides is 1. The highest BCUT2D eigenvalue weighted by Gasteiger charge is 2.32. The molecular formula is C11H7F4N3O. The number of nitrogens with one attached hydrogen (secondary N) is 2. The van der Waals surface area contributed by atoms with Gasteiger partial charge in [-0.15, -0.1) is 0 Å². The van der Waals surface area contributed by atoms with E-state index in [1.165, 1.54) is 12.4 Å². The minimum absolute atomic E-state index is 0.266. The lowest BCUT2D eigenvalue weighted by molar-refractivity contribution is -0.137. The van der Waals surface area contributed by atoms with Crippen LogP contribution in [-0.2, 0) is 6.18 Å². The Morgan fingerprint density at radius 3 is 2.58 bits per heavy atom. The fourth-order valence-electron chi connectivity index (χ4n) is 1.41. The first-order valence-corrected chi connectivity index (χ1v) is 5.04. The van der Waals surface area contributed by atoms with Crippen molar-refractivity contribution in [2.75, 3.05) is 5.32 Å². The Hall–Kier alpha value is -2.38. The summed E-state index contributed by atoms with van der Waals surface area (Å²) in [5, 5.41) is 8.24. The Labute approximate surface area is 104 Å². The van der Waals surface area contributed by atoms with Crippen molar-refractivity contribution >= 4 is 11.6 Å². The molecule has 2 rings (SSSR count). The van der Waals surface area contributed by atoms with Crippen LogP contribution >= 0.6 is 0 Å². The summed E-state index contributed by atoms with van der Waals surface area (Å²) in [6, 6.07) is 1.64. The summed E-state index contributed by atoms with van der Waals surface area (Å²) in [6.07, 6.45) is -2.11. The third-order valence-electron chi connectivity index (χ3n) is 2.24. The summed E-state index contributed by atoms with van der Waals surface area (Å²) in [6.45, 7) is 0. The maximum absolute atomic E-state index is 13.1. The van der Waals surface area contributed by atoms with Crippen LogP contribution in [0.1, 0.15) is 15.9 Å². The van der Waals surface area contributed by atoms with Crippen molar-refractivity contribution in [3.63, 3.8) is 0 Å². The van der Waals surface area contributed by atoms with Gasteiger partial charge in [-0.2, -0.15) is 18.3 Å². The number of anilines is 1. The monoisotopic (exact) mass is 273 g/mol. The number of hydrogen-bond donors (Lipinski definition) is 2. The minimum atomic E-state index is -4.72. The number of benzene rings is 1. The number of carbonyl (C=O) groups is 1. The van der Waals surface area contributed by atoms with Gasteiger partial charge in [0.25, 0.3) is 5.91 Å². The van der Waals surface area contributed by atoms with E-state index in [4.69, 9.17) is 0 Å². The highest BCUT2D eigenvalue weighted by Crippen LogP contribution is 2.30. The van der Waals surface area contributed by atoms with E-state index in [1.807, 2.05) is 0 Å². The molecule has 19 heavy (non-hydrogen) atoms. The number of aromatic amines is 1. The van der Waals surface area contributed by atoms with Gasteiger partial charge in [0.15, 0.2) is 0 Å². The molecule has 2 aromatic rings. The Bertz CT molecular complexity index is 592. The van der Waals surface area contributed by atoms with Gasteiger partial charge in [-0.05, 0) is 18.2 Å². The second-order valence-electron chi connectivity index (χ2n) is 3.67. The van der Waals surface area contributed by atoms with Crippen molar-refractivity contribution in [1.29, 1.82) is 0 Å². The third-order valence-corrected chi connectivity index (χ3v) is 2.24. The summed E-state index contributed by atoms with van der Waals surface area (Å²) in [5.41, 5.74) is -1.37. The number of nitrogens with zero attached hydrogens (tertiary/aromatic N) is 1. The van der Waals surface area contributed by atoms with Crippen LogP contribution in [0.4, 0.5) is 23.2 Å². The Kier molecular flexibility index (Phi) is 3.24. The van der Waals surface area contributed by atoms with E-state index < -0.39 is 29.0 Å². The quantitative estimate of drug-likeness (QED) is 0.826. The van der Waals surface area contributed by atoms with E-state index in [-0.39, 0.29) is 5.69 Å². The molecule has 1 heterocycles. The molecule has 0 saturated carbocycles. The Morgan fingerprint density at radius 2 is 2.00 bits per heavy atom. The molecular weight excluding hydrogens is 266 g/mol. The Balaban J connectivity index is 2.29. The number of aromatic nitrogens is 2. The third kappa shape index (κ3) is 3.09. The average Bonchev–Trinajstić information content (AvgIpc) is 2.79. The molecule has 8 heteroatoms. The molecule has 0 spiro atoms. The van der Waals surface area contributed by atoms with Crippen molar-refractivity contribution in [1.82, 2.24) is 10.2 Å². The number of halogens is 4. The number of hydrogen-bond acceptors (Lipinski definition) is 2. The predicted molar refractivity (Wildman–Crippen MR) is 57.9 cm³/mol. The summed E-state index contributed by atoms with van der Waals surface area (Å²) < 4.78 is 50.5. The van der Waals surface area contributed by atoms with Crippen LogP contribution in [0.25, 0.3) is 0 Å². The van der Waals surface area contributed by atoms with E-state index in [0.29, 0.717) is 12.1 Å². The summed E-state index contributed by atoms with van der Waals surface area (Å²) >= 11 is 0. The van der Waals surface area contributed by atoms with E-state index in [2.05, 4.69) is 15.5 Å². The molecule has 0 unspecified atom stereocenters. The lowest BCUT2D eigenvalue weighted by atomic mass is 10.1. The summed E-state index contributed by atoms with van der Waals surface area (Å²) in [7, 11) is 0. The topological polar surface area (TPSA) is 57.8 Å². The van der Waals surface area contributed by atoms with Crippen LogP contribution in [0, 0.1) is 5.82 Å². The first-order valence-electron chi connectivity index (χ1n) is 5.04. The van der Waals surface area contributed by atoms with Crippen LogP contribution in [-0.4, -0.2) is 16.1 Å². The van der Waals surface area contributed by atoms with Gasteiger partial charge in [-0.3, -0.25) is 9.89 Å². The molecule has 0 radical (unpaired) electrons. The van der Waals surface area contributed by atoms with Crippen LogP contribution in [0.3, 0.4) is 0 Å². The fourth-order valence-corrected chi connectivity index (χ4v) is 1.41. The molecule has 0 saturated heterocycles. The van der Waals surface area contributed by atoms with Gasteiger partial charge in [-0.25, -0.2) is 4.39 Å². The smallest absolute Gasteiger partial charge is 0.319 e. The fraction of sp³-hybridized carbons (Fsp3) is 0.0909. The molecule has 0 aliphatic heterocycles. The maximum Gasteiger partial charge on any atom is 0.416 e. The van der Waals surface area contributed by atoms with E-state index in [1.54, 1.807) is 0 Å². The number of rotatable bonds is 2. The molecule has 4 nitrogen and oxygen atoms in total. The van der Waals surface area contributed by atoms with Gasteiger partial charge in [0, 0.05) is 11.8 Å². The zero-order valence-electron chi connectivity index (χ0n) is 9.25.